The van der Waals surface area contributed by atoms with Gasteiger partial charge in [0.15, 0.2) is 0 Å². The molecule has 1 aromatic rings. The summed E-state index contributed by atoms with van der Waals surface area (Å²) >= 11 is 0. The Morgan fingerprint density at radius 3 is 2.27 bits per heavy atom. The smallest absolute Gasteiger partial charge is 0.407 e. The molecule has 2 heterocycles. The van der Waals surface area contributed by atoms with Crippen LogP contribution in [0.15, 0.2) is 12.4 Å². The first-order valence-corrected chi connectivity index (χ1v) is 6.81. The molecule has 0 radical (unpaired) electrons. The molecule has 0 aliphatic carbocycles. The lowest BCUT2D eigenvalue weighted by Gasteiger charge is -2.43. The van der Waals surface area contributed by atoms with Gasteiger partial charge in [-0.15, -0.1) is 0 Å². The Kier molecular flexibility index (Phi) is 4.43. The maximum absolute atomic E-state index is 12.3. The second-order valence-corrected chi connectivity index (χ2v) is 5.45. The standard InChI is InChI=1S/C13H17F3N4O2/c1-8-6-19(7-9(2)20(8)12(21)22)11-5-17-10(4-18-11)3-13(14,15)16/h4-5,8-9H,3,6-7H2,1-2H3,(H,21,22)/t8-,9-/m1/s1. The van der Waals surface area contributed by atoms with E-state index in [4.69, 9.17) is 5.11 Å². The number of carbonyl (C=O) groups is 1. The first-order chi connectivity index (χ1) is 10.2. The predicted molar refractivity (Wildman–Crippen MR) is 72.8 cm³/mol. The molecule has 0 unspecified atom stereocenters. The highest BCUT2D eigenvalue weighted by Crippen LogP contribution is 2.23. The number of alkyl halides is 3. The van der Waals surface area contributed by atoms with Crippen LogP contribution < -0.4 is 4.90 Å². The van der Waals surface area contributed by atoms with Gasteiger partial charge in [-0.2, -0.15) is 13.2 Å². The Morgan fingerprint density at radius 2 is 1.86 bits per heavy atom. The number of piperazine rings is 1. The number of carboxylic acid groups (broad SMARTS) is 1. The van der Waals surface area contributed by atoms with E-state index in [-0.39, 0.29) is 17.8 Å². The van der Waals surface area contributed by atoms with E-state index in [1.165, 1.54) is 11.1 Å². The molecule has 0 saturated carbocycles. The van der Waals surface area contributed by atoms with Crippen LogP contribution in [-0.4, -0.2) is 57.4 Å². The van der Waals surface area contributed by atoms with Gasteiger partial charge in [0, 0.05) is 13.1 Å². The Balaban J connectivity index is 2.08. The van der Waals surface area contributed by atoms with Crippen LogP contribution in [0, 0.1) is 0 Å². The van der Waals surface area contributed by atoms with Crippen molar-refractivity contribution in [1.82, 2.24) is 14.9 Å². The van der Waals surface area contributed by atoms with Crippen LogP contribution >= 0.6 is 0 Å². The van der Waals surface area contributed by atoms with E-state index >= 15 is 0 Å². The van der Waals surface area contributed by atoms with Crippen molar-refractivity contribution in [2.45, 2.75) is 38.5 Å². The van der Waals surface area contributed by atoms with Crippen molar-refractivity contribution in [3.63, 3.8) is 0 Å². The highest BCUT2D eigenvalue weighted by atomic mass is 19.4. The van der Waals surface area contributed by atoms with Crippen LogP contribution in [0.3, 0.4) is 0 Å². The summed E-state index contributed by atoms with van der Waals surface area (Å²) in [6.07, 6.45) is -3.99. The zero-order valence-corrected chi connectivity index (χ0v) is 12.2. The molecule has 22 heavy (non-hydrogen) atoms. The molecule has 0 spiro atoms. The van der Waals surface area contributed by atoms with Crippen molar-refractivity contribution in [3.05, 3.63) is 18.1 Å². The normalized spacial score (nSPS) is 22.8. The van der Waals surface area contributed by atoms with Gasteiger partial charge < -0.3 is 10.0 Å². The molecule has 6 nitrogen and oxygen atoms in total. The van der Waals surface area contributed by atoms with Gasteiger partial charge in [-0.1, -0.05) is 0 Å². The van der Waals surface area contributed by atoms with Crippen LogP contribution in [0.2, 0.25) is 0 Å². The third kappa shape index (κ3) is 3.77. The van der Waals surface area contributed by atoms with Gasteiger partial charge in [0.2, 0.25) is 0 Å². The lowest BCUT2D eigenvalue weighted by Crippen LogP contribution is -2.58. The Labute approximate surface area is 125 Å². The van der Waals surface area contributed by atoms with Crippen LogP contribution in [0.25, 0.3) is 0 Å². The van der Waals surface area contributed by atoms with Crippen molar-refractivity contribution < 1.29 is 23.1 Å². The number of rotatable bonds is 2. The summed E-state index contributed by atoms with van der Waals surface area (Å²) in [5.41, 5.74) is -0.137. The minimum Gasteiger partial charge on any atom is -0.465 e. The highest BCUT2D eigenvalue weighted by molar-refractivity contribution is 5.66. The number of hydrogen-bond acceptors (Lipinski definition) is 4. The maximum Gasteiger partial charge on any atom is 0.407 e. The Morgan fingerprint density at radius 1 is 1.27 bits per heavy atom. The van der Waals surface area contributed by atoms with Crippen LogP contribution in [-0.2, 0) is 6.42 Å². The topological polar surface area (TPSA) is 69.6 Å². The van der Waals surface area contributed by atoms with Crippen molar-refractivity contribution in [1.29, 1.82) is 0 Å². The number of halogens is 3. The average Bonchev–Trinajstić information content (AvgIpc) is 2.36. The van der Waals surface area contributed by atoms with Gasteiger partial charge >= 0.3 is 12.3 Å². The number of anilines is 1. The van der Waals surface area contributed by atoms with E-state index < -0.39 is 18.7 Å². The summed E-state index contributed by atoms with van der Waals surface area (Å²) in [7, 11) is 0. The number of nitrogens with zero attached hydrogens (tertiary/aromatic N) is 4. The minimum absolute atomic E-state index is 0.137. The van der Waals surface area contributed by atoms with Crippen LogP contribution in [0.1, 0.15) is 19.5 Å². The van der Waals surface area contributed by atoms with E-state index in [9.17, 15) is 18.0 Å². The molecule has 1 aliphatic heterocycles. The van der Waals surface area contributed by atoms with Crippen LogP contribution in [0.4, 0.5) is 23.8 Å². The van der Waals surface area contributed by atoms with E-state index in [2.05, 4.69) is 9.97 Å². The lowest BCUT2D eigenvalue weighted by atomic mass is 10.1. The third-order valence-electron chi connectivity index (χ3n) is 3.54. The monoisotopic (exact) mass is 318 g/mol. The van der Waals surface area contributed by atoms with E-state index in [1.807, 2.05) is 4.90 Å². The summed E-state index contributed by atoms with van der Waals surface area (Å²) < 4.78 is 36.8. The van der Waals surface area contributed by atoms with E-state index in [0.29, 0.717) is 18.9 Å². The Hall–Kier alpha value is -2.06. The minimum atomic E-state index is -4.31. The van der Waals surface area contributed by atoms with Gasteiger partial charge in [0.05, 0.1) is 36.6 Å². The van der Waals surface area contributed by atoms with Crippen LogP contribution in [0.5, 0.6) is 0 Å². The molecule has 122 valence electrons. The fourth-order valence-corrected chi connectivity index (χ4v) is 2.69. The number of aromatic nitrogens is 2. The molecule has 0 aromatic carbocycles. The van der Waals surface area contributed by atoms with Gasteiger partial charge in [-0.25, -0.2) is 9.78 Å². The molecule has 1 aromatic heterocycles. The van der Waals surface area contributed by atoms with Gasteiger partial charge in [-0.05, 0) is 13.8 Å². The fraction of sp³-hybridized carbons (Fsp3) is 0.615. The van der Waals surface area contributed by atoms with E-state index in [1.54, 1.807) is 13.8 Å². The summed E-state index contributed by atoms with van der Waals surface area (Å²) in [5, 5.41) is 9.15. The SMILES string of the molecule is C[C@@H]1CN(c2cnc(CC(F)(F)F)cn2)C[C@@H](C)N1C(=O)O. The zero-order valence-electron chi connectivity index (χ0n) is 12.2. The molecule has 1 amide bonds. The Bertz CT molecular complexity index is 523. The van der Waals surface area contributed by atoms with E-state index in [0.717, 1.165) is 6.20 Å². The molecule has 1 saturated heterocycles. The molecule has 1 aliphatic rings. The largest absolute Gasteiger partial charge is 0.465 e. The quantitative estimate of drug-likeness (QED) is 0.905. The first-order valence-electron chi connectivity index (χ1n) is 6.81. The number of hydrogen-bond donors (Lipinski definition) is 1. The number of amides is 1. The molecular formula is C13H17F3N4O2. The molecule has 2 atom stereocenters. The summed E-state index contributed by atoms with van der Waals surface area (Å²) in [5.74, 6) is 0.453. The molecular weight excluding hydrogens is 301 g/mol. The first kappa shape index (κ1) is 16.3. The second-order valence-electron chi connectivity index (χ2n) is 5.45. The van der Waals surface area contributed by atoms with Crippen molar-refractivity contribution in [2.75, 3.05) is 18.0 Å². The van der Waals surface area contributed by atoms with Gasteiger partial charge in [-0.3, -0.25) is 9.88 Å². The van der Waals surface area contributed by atoms with Gasteiger partial charge in [0.1, 0.15) is 5.82 Å². The average molecular weight is 318 g/mol. The third-order valence-corrected chi connectivity index (χ3v) is 3.54. The van der Waals surface area contributed by atoms with Crippen molar-refractivity contribution in [2.24, 2.45) is 0 Å². The molecule has 1 N–H and O–H groups in total. The summed E-state index contributed by atoms with van der Waals surface area (Å²) in [6.45, 7) is 4.40. The fourth-order valence-electron chi connectivity index (χ4n) is 2.69. The molecule has 2 rings (SSSR count). The second kappa shape index (κ2) is 5.98. The molecule has 9 heteroatoms. The van der Waals surface area contributed by atoms with Crippen molar-refractivity contribution in [3.8, 4) is 0 Å². The van der Waals surface area contributed by atoms with Crippen molar-refractivity contribution >= 4 is 11.9 Å². The van der Waals surface area contributed by atoms with Gasteiger partial charge in [0.25, 0.3) is 0 Å². The molecule has 1 fully saturated rings. The summed E-state index contributed by atoms with van der Waals surface area (Å²) in [4.78, 5) is 22.2. The zero-order chi connectivity index (χ0) is 16.5. The lowest BCUT2D eigenvalue weighted by molar-refractivity contribution is -0.127. The molecule has 0 bridgehead atoms. The maximum atomic E-state index is 12.3. The highest BCUT2D eigenvalue weighted by Gasteiger charge is 2.33. The predicted octanol–water partition coefficient (Wildman–Crippen LogP) is 2.16. The summed E-state index contributed by atoms with van der Waals surface area (Å²) in [6, 6.07) is -0.476.